The van der Waals surface area contributed by atoms with Gasteiger partial charge in [-0.1, -0.05) is 37.3 Å². The lowest BCUT2D eigenvalue weighted by Crippen LogP contribution is -2.48. The monoisotopic (exact) mass is 424 g/mol. The standard InChI is InChI=1S/C24H32N4O3/c1-3-26-13-15-28(16-14-26)23(30)21-18-31-22(25-21)17-27-11-9-24(10-12-27,19(2)29)20-7-5-4-6-8-20/h4-8,18H,3,9-17H2,1-2H3. The van der Waals surface area contributed by atoms with E-state index in [2.05, 4.69) is 33.8 Å². The van der Waals surface area contributed by atoms with E-state index in [1.807, 2.05) is 23.1 Å². The Morgan fingerprint density at radius 3 is 2.29 bits per heavy atom. The van der Waals surface area contributed by atoms with E-state index in [1.54, 1.807) is 6.92 Å². The number of carbonyl (C=O) groups is 2. The minimum atomic E-state index is -0.407. The summed E-state index contributed by atoms with van der Waals surface area (Å²) >= 11 is 0. The molecular formula is C24H32N4O3. The zero-order valence-corrected chi connectivity index (χ0v) is 18.5. The topological polar surface area (TPSA) is 69.9 Å². The van der Waals surface area contributed by atoms with Crippen LogP contribution in [0.4, 0.5) is 0 Å². The minimum Gasteiger partial charge on any atom is -0.447 e. The van der Waals surface area contributed by atoms with Gasteiger partial charge in [0.05, 0.1) is 12.0 Å². The van der Waals surface area contributed by atoms with Crippen molar-refractivity contribution in [3.05, 3.63) is 53.7 Å². The number of likely N-dealkylation sites (N-methyl/N-ethyl adjacent to an activating group) is 1. The molecule has 0 radical (unpaired) electrons. The van der Waals surface area contributed by atoms with Gasteiger partial charge in [-0.2, -0.15) is 0 Å². The molecule has 7 nitrogen and oxygen atoms in total. The molecule has 0 bridgehead atoms. The van der Waals surface area contributed by atoms with Crippen LogP contribution in [0.2, 0.25) is 0 Å². The maximum Gasteiger partial charge on any atom is 0.275 e. The highest BCUT2D eigenvalue weighted by Crippen LogP contribution is 2.36. The van der Waals surface area contributed by atoms with Gasteiger partial charge in [0.25, 0.3) is 5.91 Å². The molecule has 3 heterocycles. The first-order valence-corrected chi connectivity index (χ1v) is 11.3. The number of amides is 1. The van der Waals surface area contributed by atoms with Crippen LogP contribution < -0.4 is 0 Å². The van der Waals surface area contributed by atoms with Crippen LogP contribution in [0.15, 0.2) is 41.0 Å². The molecule has 2 fully saturated rings. The molecule has 1 amide bonds. The molecule has 166 valence electrons. The van der Waals surface area contributed by atoms with Gasteiger partial charge < -0.3 is 14.2 Å². The van der Waals surface area contributed by atoms with Gasteiger partial charge in [-0.3, -0.25) is 14.5 Å². The number of piperidine rings is 1. The fourth-order valence-electron chi connectivity index (χ4n) is 4.80. The van der Waals surface area contributed by atoms with Crippen LogP contribution in [-0.2, 0) is 16.8 Å². The summed E-state index contributed by atoms with van der Waals surface area (Å²) in [5.41, 5.74) is 1.09. The zero-order valence-electron chi connectivity index (χ0n) is 18.5. The van der Waals surface area contributed by atoms with Crippen LogP contribution in [0.5, 0.6) is 0 Å². The molecule has 0 atom stereocenters. The number of piperazine rings is 1. The van der Waals surface area contributed by atoms with Crippen LogP contribution in [0.1, 0.15) is 48.6 Å². The number of oxazole rings is 1. The van der Waals surface area contributed by atoms with Crippen LogP contribution in [0, 0.1) is 0 Å². The summed E-state index contributed by atoms with van der Waals surface area (Å²) in [6.07, 6.45) is 3.04. The van der Waals surface area contributed by atoms with Gasteiger partial charge in [0.1, 0.15) is 12.0 Å². The van der Waals surface area contributed by atoms with Crippen molar-refractivity contribution in [2.45, 2.75) is 38.6 Å². The third kappa shape index (κ3) is 4.57. The summed E-state index contributed by atoms with van der Waals surface area (Å²) in [6, 6.07) is 10.1. The lowest BCUT2D eigenvalue weighted by molar-refractivity contribution is -0.124. The Bertz CT molecular complexity index is 895. The van der Waals surface area contributed by atoms with Crippen molar-refractivity contribution < 1.29 is 14.0 Å². The van der Waals surface area contributed by atoms with Crippen molar-refractivity contribution in [1.29, 1.82) is 0 Å². The highest BCUT2D eigenvalue weighted by atomic mass is 16.3. The van der Waals surface area contributed by atoms with Gasteiger partial charge >= 0.3 is 0 Å². The molecule has 0 N–H and O–H groups in total. The average Bonchev–Trinajstić information content (AvgIpc) is 3.28. The highest BCUT2D eigenvalue weighted by molar-refractivity contribution is 5.92. The Morgan fingerprint density at radius 1 is 1.00 bits per heavy atom. The Kier molecular flexibility index (Phi) is 6.53. The first-order valence-electron chi connectivity index (χ1n) is 11.3. The van der Waals surface area contributed by atoms with E-state index >= 15 is 0 Å². The Hall–Kier alpha value is -2.51. The number of Topliss-reactive ketones (excluding diaryl/α,β-unsaturated/α-hetero) is 1. The number of hydrogen-bond donors (Lipinski definition) is 0. The number of aromatic nitrogens is 1. The van der Waals surface area contributed by atoms with Crippen molar-refractivity contribution in [2.75, 3.05) is 45.8 Å². The normalized spacial score (nSPS) is 20.0. The molecule has 2 aromatic rings. The predicted octanol–water partition coefficient (Wildman–Crippen LogP) is 2.58. The van der Waals surface area contributed by atoms with Crippen molar-refractivity contribution >= 4 is 11.7 Å². The second-order valence-corrected chi connectivity index (χ2v) is 8.63. The molecule has 7 heteroatoms. The SMILES string of the molecule is CCN1CCN(C(=O)c2coc(CN3CCC(C(C)=O)(c4ccccc4)CC3)n2)CC1. The van der Waals surface area contributed by atoms with Gasteiger partial charge in [0, 0.05) is 26.2 Å². The molecule has 31 heavy (non-hydrogen) atoms. The van der Waals surface area contributed by atoms with Gasteiger partial charge in [-0.05, 0) is 45.0 Å². The smallest absolute Gasteiger partial charge is 0.275 e. The zero-order chi connectivity index (χ0) is 21.8. The summed E-state index contributed by atoms with van der Waals surface area (Å²) in [7, 11) is 0. The summed E-state index contributed by atoms with van der Waals surface area (Å²) in [4.78, 5) is 36.2. The molecule has 0 spiro atoms. The number of ketones is 1. The summed E-state index contributed by atoms with van der Waals surface area (Å²) in [5, 5.41) is 0. The molecule has 2 saturated heterocycles. The Balaban J connectivity index is 1.35. The van der Waals surface area contributed by atoms with E-state index in [9.17, 15) is 9.59 Å². The summed E-state index contributed by atoms with van der Waals surface area (Å²) in [6.45, 7) is 10.3. The lowest BCUT2D eigenvalue weighted by atomic mass is 9.70. The van der Waals surface area contributed by atoms with E-state index < -0.39 is 5.41 Å². The van der Waals surface area contributed by atoms with Gasteiger partial charge in [0.15, 0.2) is 5.69 Å². The van der Waals surface area contributed by atoms with E-state index in [4.69, 9.17) is 4.42 Å². The molecule has 0 unspecified atom stereocenters. The predicted molar refractivity (Wildman–Crippen MR) is 118 cm³/mol. The molecule has 2 aliphatic rings. The molecule has 1 aromatic carbocycles. The summed E-state index contributed by atoms with van der Waals surface area (Å²) in [5.74, 6) is 0.736. The Labute approximate surface area is 184 Å². The second-order valence-electron chi connectivity index (χ2n) is 8.63. The molecule has 2 aliphatic heterocycles. The lowest BCUT2D eigenvalue weighted by Gasteiger charge is -2.40. The van der Waals surface area contributed by atoms with Crippen LogP contribution in [-0.4, -0.2) is 77.2 Å². The van der Waals surface area contributed by atoms with Crippen molar-refractivity contribution in [1.82, 2.24) is 19.7 Å². The Morgan fingerprint density at radius 2 is 1.68 bits per heavy atom. The highest BCUT2D eigenvalue weighted by Gasteiger charge is 2.40. The maximum atomic E-state index is 12.8. The summed E-state index contributed by atoms with van der Waals surface area (Å²) < 4.78 is 5.63. The van der Waals surface area contributed by atoms with E-state index in [1.165, 1.54) is 6.26 Å². The quantitative estimate of drug-likeness (QED) is 0.710. The van der Waals surface area contributed by atoms with E-state index in [0.717, 1.165) is 64.2 Å². The molecule has 4 rings (SSSR count). The second kappa shape index (κ2) is 9.32. The van der Waals surface area contributed by atoms with Gasteiger partial charge in [-0.25, -0.2) is 4.98 Å². The molecular weight excluding hydrogens is 392 g/mol. The van der Waals surface area contributed by atoms with E-state index in [-0.39, 0.29) is 11.7 Å². The number of rotatable bonds is 6. The largest absolute Gasteiger partial charge is 0.447 e. The van der Waals surface area contributed by atoms with Crippen molar-refractivity contribution in [2.24, 2.45) is 0 Å². The van der Waals surface area contributed by atoms with E-state index in [0.29, 0.717) is 18.1 Å². The number of nitrogens with zero attached hydrogens (tertiary/aromatic N) is 4. The van der Waals surface area contributed by atoms with Crippen LogP contribution >= 0.6 is 0 Å². The fourth-order valence-corrected chi connectivity index (χ4v) is 4.80. The third-order valence-electron chi connectivity index (χ3n) is 6.95. The first kappa shape index (κ1) is 21.7. The van der Waals surface area contributed by atoms with Crippen LogP contribution in [0.25, 0.3) is 0 Å². The maximum absolute atomic E-state index is 12.8. The fraction of sp³-hybridized carbons (Fsp3) is 0.542. The van der Waals surface area contributed by atoms with Crippen molar-refractivity contribution in [3.8, 4) is 0 Å². The minimum absolute atomic E-state index is 0.0518. The number of benzene rings is 1. The average molecular weight is 425 g/mol. The van der Waals surface area contributed by atoms with Crippen LogP contribution in [0.3, 0.4) is 0 Å². The number of carbonyl (C=O) groups excluding carboxylic acids is 2. The van der Waals surface area contributed by atoms with Gasteiger partial charge in [0.2, 0.25) is 5.89 Å². The number of hydrogen-bond acceptors (Lipinski definition) is 6. The molecule has 0 saturated carbocycles. The van der Waals surface area contributed by atoms with Crippen molar-refractivity contribution in [3.63, 3.8) is 0 Å². The number of likely N-dealkylation sites (tertiary alicyclic amines) is 1. The first-order chi connectivity index (χ1) is 15.0. The third-order valence-corrected chi connectivity index (χ3v) is 6.95. The molecule has 1 aromatic heterocycles. The molecule has 0 aliphatic carbocycles. The van der Waals surface area contributed by atoms with Gasteiger partial charge in [-0.15, -0.1) is 0 Å².